The van der Waals surface area contributed by atoms with E-state index in [0.717, 1.165) is 50.8 Å². The molecule has 6 nitrogen and oxygen atoms in total. The van der Waals surface area contributed by atoms with E-state index in [0.29, 0.717) is 0 Å². The Labute approximate surface area is 137 Å². The van der Waals surface area contributed by atoms with Gasteiger partial charge in [-0.1, -0.05) is 0 Å². The van der Waals surface area contributed by atoms with E-state index in [1.165, 1.54) is 5.56 Å². The van der Waals surface area contributed by atoms with E-state index in [4.69, 9.17) is 4.98 Å². The minimum atomic E-state index is 0.903. The van der Waals surface area contributed by atoms with Crippen molar-refractivity contribution in [2.45, 2.75) is 13.0 Å². The monoisotopic (exact) mass is 312 g/mol. The SMILES string of the molecule is CN(C)c1cncc(N2CCCN(Cc3ccncc3)CC2)n1. The van der Waals surface area contributed by atoms with E-state index in [1.807, 2.05) is 37.6 Å². The molecule has 0 unspecified atom stereocenters. The molecule has 23 heavy (non-hydrogen) atoms. The van der Waals surface area contributed by atoms with Gasteiger partial charge in [0.05, 0.1) is 12.4 Å². The maximum absolute atomic E-state index is 4.71. The van der Waals surface area contributed by atoms with Crippen LogP contribution in [0.25, 0.3) is 0 Å². The van der Waals surface area contributed by atoms with Crippen molar-refractivity contribution >= 4 is 11.6 Å². The van der Waals surface area contributed by atoms with E-state index in [1.54, 1.807) is 6.20 Å². The Hall–Kier alpha value is -2.21. The van der Waals surface area contributed by atoms with E-state index >= 15 is 0 Å². The van der Waals surface area contributed by atoms with Crippen LogP contribution in [0.2, 0.25) is 0 Å². The van der Waals surface area contributed by atoms with Gasteiger partial charge in [0.2, 0.25) is 0 Å². The molecule has 0 saturated carbocycles. The highest BCUT2D eigenvalue weighted by atomic mass is 15.3. The van der Waals surface area contributed by atoms with Gasteiger partial charge in [-0.05, 0) is 24.1 Å². The minimum absolute atomic E-state index is 0.903. The first-order chi connectivity index (χ1) is 11.2. The third-order valence-electron chi connectivity index (χ3n) is 4.14. The third kappa shape index (κ3) is 4.16. The molecule has 0 aromatic carbocycles. The van der Waals surface area contributed by atoms with Crippen LogP contribution in [0, 0.1) is 0 Å². The molecule has 1 aliphatic rings. The van der Waals surface area contributed by atoms with E-state index in [2.05, 4.69) is 31.9 Å². The van der Waals surface area contributed by atoms with Crippen LogP contribution in [0.3, 0.4) is 0 Å². The molecule has 0 amide bonds. The summed E-state index contributed by atoms with van der Waals surface area (Å²) >= 11 is 0. The largest absolute Gasteiger partial charge is 0.361 e. The first kappa shape index (κ1) is 15.7. The molecule has 0 bridgehead atoms. The summed E-state index contributed by atoms with van der Waals surface area (Å²) in [4.78, 5) is 20.0. The fourth-order valence-electron chi connectivity index (χ4n) is 2.82. The highest BCUT2D eigenvalue weighted by Gasteiger charge is 2.17. The van der Waals surface area contributed by atoms with Gasteiger partial charge < -0.3 is 9.80 Å². The first-order valence-electron chi connectivity index (χ1n) is 8.08. The average molecular weight is 312 g/mol. The molecule has 3 heterocycles. The molecule has 1 aliphatic heterocycles. The van der Waals surface area contributed by atoms with Crippen LogP contribution in [-0.2, 0) is 6.54 Å². The molecule has 0 aliphatic carbocycles. The molecule has 0 atom stereocenters. The van der Waals surface area contributed by atoms with Crippen LogP contribution in [0.15, 0.2) is 36.9 Å². The van der Waals surface area contributed by atoms with Gasteiger partial charge in [0.15, 0.2) is 0 Å². The molecule has 3 rings (SSSR count). The van der Waals surface area contributed by atoms with Crippen LogP contribution in [0.4, 0.5) is 11.6 Å². The Kier molecular flexibility index (Phi) is 5.02. The van der Waals surface area contributed by atoms with Crippen molar-refractivity contribution in [2.24, 2.45) is 0 Å². The maximum atomic E-state index is 4.71. The normalized spacial score (nSPS) is 16.2. The van der Waals surface area contributed by atoms with Crippen molar-refractivity contribution in [3.05, 3.63) is 42.5 Å². The number of hydrogen-bond donors (Lipinski definition) is 0. The lowest BCUT2D eigenvalue weighted by molar-refractivity contribution is 0.285. The highest BCUT2D eigenvalue weighted by molar-refractivity contribution is 5.44. The predicted octanol–water partition coefficient (Wildman–Crippen LogP) is 1.65. The molecule has 1 saturated heterocycles. The Morgan fingerprint density at radius 2 is 1.83 bits per heavy atom. The highest BCUT2D eigenvalue weighted by Crippen LogP contribution is 2.17. The molecule has 0 spiro atoms. The summed E-state index contributed by atoms with van der Waals surface area (Å²) in [5.74, 6) is 1.88. The lowest BCUT2D eigenvalue weighted by Crippen LogP contribution is -2.31. The van der Waals surface area contributed by atoms with Crippen molar-refractivity contribution < 1.29 is 0 Å². The van der Waals surface area contributed by atoms with Gasteiger partial charge in [-0.15, -0.1) is 0 Å². The number of nitrogens with zero attached hydrogens (tertiary/aromatic N) is 6. The summed E-state index contributed by atoms with van der Waals surface area (Å²) in [6, 6.07) is 4.18. The topological polar surface area (TPSA) is 48.4 Å². The van der Waals surface area contributed by atoms with Crippen molar-refractivity contribution in [3.63, 3.8) is 0 Å². The van der Waals surface area contributed by atoms with Gasteiger partial charge in [-0.3, -0.25) is 14.9 Å². The van der Waals surface area contributed by atoms with Gasteiger partial charge >= 0.3 is 0 Å². The summed E-state index contributed by atoms with van der Waals surface area (Å²) in [6.45, 7) is 5.14. The fraction of sp³-hybridized carbons (Fsp3) is 0.471. The average Bonchev–Trinajstić information content (AvgIpc) is 2.81. The quantitative estimate of drug-likeness (QED) is 0.855. The Balaban J connectivity index is 1.63. The second-order valence-corrected chi connectivity index (χ2v) is 6.10. The lowest BCUT2D eigenvalue weighted by atomic mass is 10.2. The number of anilines is 2. The molecule has 122 valence electrons. The smallest absolute Gasteiger partial charge is 0.149 e. The molecule has 2 aromatic heterocycles. The minimum Gasteiger partial charge on any atom is -0.361 e. The Morgan fingerprint density at radius 1 is 1.00 bits per heavy atom. The Morgan fingerprint density at radius 3 is 2.61 bits per heavy atom. The van der Waals surface area contributed by atoms with Crippen LogP contribution in [-0.4, -0.2) is 60.1 Å². The number of rotatable bonds is 4. The summed E-state index contributed by atoms with van der Waals surface area (Å²) in [5, 5.41) is 0. The van der Waals surface area contributed by atoms with Crippen molar-refractivity contribution in [1.29, 1.82) is 0 Å². The summed E-state index contributed by atoms with van der Waals surface area (Å²) in [6.07, 6.45) is 8.53. The Bertz CT molecular complexity index is 615. The number of pyridine rings is 1. The zero-order valence-electron chi connectivity index (χ0n) is 13.9. The van der Waals surface area contributed by atoms with Crippen molar-refractivity contribution in [2.75, 3.05) is 50.1 Å². The number of aromatic nitrogens is 3. The molecule has 6 heteroatoms. The van der Waals surface area contributed by atoms with Crippen LogP contribution >= 0.6 is 0 Å². The van der Waals surface area contributed by atoms with E-state index in [9.17, 15) is 0 Å². The summed E-state index contributed by atoms with van der Waals surface area (Å²) in [7, 11) is 3.99. The van der Waals surface area contributed by atoms with Gasteiger partial charge in [-0.25, -0.2) is 4.98 Å². The van der Waals surface area contributed by atoms with Crippen molar-refractivity contribution in [1.82, 2.24) is 19.9 Å². The van der Waals surface area contributed by atoms with Gasteiger partial charge in [0.25, 0.3) is 0 Å². The maximum Gasteiger partial charge on any atom is 0.149 e. The molecule has 0 radical (unpaired) electrons. The summed E-state index contributed by atoms with van der Waals surface area (Å²) in [5.41, 5.74) is 1.32. The molecule has 1 fully saturated rings. The number of hydrogen-bond acceptors (Lipinski definition) is 6. The molecule has 2 aromatic rings. The van der Waals surface area contributed by atoms with E-state index in [-0.39, 0.29) is 0 Å². The van der Waals surface area contributed by atoms with Crippen LogP contribution in [0.5, 0.6) is 0 Å². The predicted molar refractivity (Wildman–Crippen MR) is 92.7 cm³/mol. The zero-order valence-corrected chi connectivity index (χ0v) is 13.9. The van der Waals surface area contributed by atoms with Crippen LogP contribution in [0.1, 0.15) is 12.0 Å². The second kappa shape index (κ2) is 7.37. The lowest BCUT2D eigenvalue weighted by Gasteiger charge is -2.23. The van der Waals surface area contributed by atoms with E-state index < -0.39 is 0 Å². The van der Waals surface area contributed by atoms with Gasteiger partial charge in [-0.2, -0.15) is 0 Å². The summed E-state index contributed by atoms with van der Waals surface area (Å²) < 4.78 is 0. The van der Waals surface area contributed by atoms with Gasteiger partial charge in [0, 0.05) is 59.2 Å². The second-order valence-electron chi connectivity index (χ2n) is 6.10. The van der Waals surface area contributed by atoms with Crippen LogP contribution < -0.4 is 9.80 Å². The zero-order chi connectivity index (χ0) is 16.1. The fourth-order valence-corrected chi connectivity index (χ4v) is 2.82. The van der Waals surface area contributed by atoms with Gasteiger partial charge in [0.1, 0.15) is 11.6 Å². The third-order valence-corrected chi connectivity index (χ3v) is 4.14. The molecular weight excluding hydrogens is 288 g/mol. The first-order valence-corrected chi connectivity index (χ1v) is 8.08. The molecular formula is C17H24N6. The van der Waals surface area contributed by atoms with Crippen molar-refractivity contribution in [3.8, 4) is 0 Å². The standard InChI is InChI=1S/C17H24N6/c1-21(2)16-12-19-13-17(20-16)23-9-3-8-22(10-11-23)14-15-4-6-18-7-5-15/h4-7,12-13H,3,8-11,14H2,1-2H3. The molecule has 0 N–H and O–H groups in total.